The summed E-state index contributed by atoms with van der Waals surface area (Å²) in [5.41, 5.74) is -0.528. The topological polar surface area (TPSA) is 57.2 Å². The van der Waals surface area contributed by atoms with Crippen LogP contribution in [0.5, 0.6) is 0 Å². The highest BCUT2D eigenvalue weighted by molar-refractivity contribution is 5.15. The van der Waals surface area contributed by atoms with E-state index in [-0.39, 0.29) is 6.10 Å². The van der Waals surface area contributed by atoms with E-state index in [1.165, 1.54) is 0 Å². The van der Waals surface area contributed by atoms with Crippen molar-refractivity contribution >= 4 is 0 Å². The Bertz CT molecular complexity index is 390. The monoisotopic (exact) mass is 286 g/mol. The van der Waals surface area contributed by atoms with E-state index in [1.807, 2.05) is 27.7 Å². The third kappa shape index (κ3) is 3.23. The highest BCUT2D eigenvalue weighted by Crippen LogP contribution is 2.38. The fraction of sp³-hybridized carbons (Fsp3) is 0.867. The maximum atomic E-state index is 11.0. The minimum Gasteiger partial charge on any atom is -0.383 e. The summed E-state index contributed by atoms with van der Waals surface area (Å²) in [7, 11) is 0. The molecule has 0 aromatic rings. The van der Waals surface area contributed by atoms with Gasteiger partial charge in [0.15, 0.2) is 11.6 Å². The fourth-order valence-electron chi connectivity index (χ4n) is 2.71. The summed E-state index contributed by atoms with van der Waals surface area (Å²) in [6, 6.07) is 0. The Hall–Kier alpha value is -0.460. The Morgan fingerprint density at radius 2 is 1.70 bits per heavy atom. The molecule has 2 saturated heterocycles. The van der Waals surface area contributed by atoms with E-state index in [2.05, 4.69) is 6.58 Å². The quantitative estimate of drug-likeness (QED) is 0.801. The van der Waals surface area contributed by atoms with Gasteiger partial charge in [-0.05, 0) is 40.2 Å². The maximum Gasteiger partial charge on any atom is 0.163 e. The van der Waals surface area contributed by atoms with E-state index < -0.39 is 23.3 Å². The third-order valence-electron chi connectivity index (χ3n) is 3.89. The van der Waals surface area contributed by atoms with Gasteiger partial charge in [-0.25, -0.2) is 0 Å². The SMILES string of the molecule is C=C(C)[C@](O)(C[C@H]1COC(C)(C)O1)[C@H]1COC(C)(C)O1. The van der Waals surface area contributed by atoms with Crippen LogP contribution >= 0.6 is 0 Å². The summed E-state index contributed by atoms with van der Waals surface area (Å²) in [4.78, 5) is 0. The van der Waals surface area contributed by atoms with Crippen LogP contribution in [0.3, 0.4) is 0 Å². The van der Waals surface area contributed by atoms with Crippen LogP contribution in [0.2, 0.25) is 0 Å². The Morgan fingerprint density at radius 3 is 2.10 bits per heavy atom. The number of hydrogen-bond donors (Lipinski definition) is 1. The predicted octanol–water partition coefficient (Wildman–Crippen LogP) is 1.99. The molecule has 0 aliphatic carbocycles. The number of hydrogen-bond acceptors (Lipinski definition) is 5. The maximum absolute atomic E-state index is 11.0. The first-order chi connectivity index (χ1) is 9.04. The first-order valence-corrected chi connectivity index (χ1v) is 7.06. The smallest absolute Gasteiger partial charge is 0.163 e. The van der Waals surface area contributed by atoms with Crippen LogP contribution in [0.1, 0.15) is 41.0 Å². The minimum absolute atomic E-state index is 0.181. The van der Waals surface area contributed by atoms with Crippen LogP contribution in [0.15, 0.2) is 12.2 Å². The molecule has 0 aromatic heterocycles. The van der Waals surface area contributed by atoms with Crippen molar-refractivity contribution in [3.8, 4) is 0 Å². The Kier molecular flexibility index (Phi) is 4.04. The van der Waals surface area contributed by atoms with Crippen molar-refractivity contribution in [1.82, 2.24) is 0 Å². The minimum atomic E-state index is -1.18. The van der Waals surface area contributed by atoms with Gasteiger partial charge in [-0.3, -0.25) is 0 Å². The molecule has 2 aliphatic rings. The summed E-state index contributed by atoms with van der Waals surface area (Å²) in [5.74, 6) is -1.28. The number of rotatable bonds is 4. The van der Waals surface area contributed by atoms with E-state index in [0.29, 0.717) is 25.2 Å². The molecule has 0 saturated carbocycles. The molecule has 5 heteroatoms. The summed E-state index contributed by atoms with van der Waals surface area (Å²) >= 11 is 0. The lowest BCUT2D eigenvalue weighted by atomic mass is 9.84. The fourth-order valence-corrected chi connectivity index (χ4v) is 2.71. The molecule has 2 aliphatic heterocycles. The first-order valence-electron chi connectivity index (χ1n) is 7.06. The molecule has 0 amide bonds. The summed E-state index contributed by atoms with van der Waals surface area (Å²) in [6.45, 7) is 13.9. The molecular weight excluding hydrogens is 260 g/mol. The summed E-state index contributed by atoms with van der Waals surface area (Å²) < 4.78 is 22.7. The summed E-state index contributed by atoms with van der Waals surface area (Å²) in [6.07, 6.45) is -0.239. The highest BCUT2D eigenvalue weighted by Gasteiger charge is 2.49. The van der Waals surface area contributed by atoms with Gasteiger partial charge in [0.25, 0.3) is 0 Å². The molecule has 2 fully saturated rings. The van der Waals surface area contributed by atoms with E-state index in [4.69, 9.17) is 18.9 Å². The molecule has 1 N–H and O–H groups in total. The van der Waals surface area contributed by atoms with Gasteiger partial charge in [0.2, 0.25) is 0 Å². The lowest BCUT2D eigenvalue weighted by Gasteiger charge is -2.35. The molecule has 0 spiro atoms. The second kappa shape index (κ2) is 5.07. The van der Waals surface area contributed by atoms with Crippen molar-refractivity contribution in [3.63, 3.8) is 0 Å². The Labute approximate surface area is 120 Å². The predicted molar refractivity (Wildman–Crippen MR) is 74.2 cm³/mol. The molecule has 0 unspecified atom stereocenters. The van der Waals surface area contributed by atoms with Gasteiger partial charge < -0.3 is 24.1 Å². The van der Waals surface area contributed by atoms with Crippen LogP contribution in [0.25, 0.3) is 0 Å². The van der Waals surface area contributed by atoms with E-state index in [1.54, 1.807) is 6.92 Å². The molecule has 5 nitrogen and oxygen atoms in total. The van der Waals surface area contributed by atoms with Crippen LogP contribution in [-0.2, 0) is 18.9 Å². The molecule has 116 valence electrons. The Morgan fingerprint density at radius 1 is 1.15 bits per heavy atom. The summed E-state index contributed by atoms with van der Waals surface area (Å²) in [5, 5.41) is 11.0. The molecular formula is C15H26O5. The van der Waals surface area contributed by atoms with Crippen LogP contribution < -0.4 is 0 Å². The van der Waals surface area contributed by atoms with Crippen molar-refractivity contribution in [2.75, 3.05) is 13.2 Å². The van der Waals surface area contributed by atoms with Gasteiger partial charge in [-0.15, -0.1) is 0 Å². The van der Waals surface area contributed by atoms with E-state index >= 15 is 0 Å². The largest absolute Gasteiger partial charge is 0.383 e. The van der Waals surface area contributed by atoms with Crippen molar-refractivity contribution in [2.24, 2.45) is 0 Å². The standard InChI is InChI=1S/C15H26O5/c1-10(2)15(16,12-9-18-14(5,6)20-12)7-11-8-17-13(3,4)19-11/h11-12,16H,1,7-9H2,2-6H3/t11-,12+,15+/m0/s1. The molecule has 0 aromatic carbocycles. The molecule has 0 bridgehead atoms. The molecule has 20 heavy (non-hydrogen) atoms. The zero-order valence-corrected chi connectivity index (χ0v) is 13.1. The van der Waals surface area contributed by atoms with Gasteiger partial charge in [-0.1, -0.05) is 6.58 Å². The van der Waals surface area contributed by atoms with Gasteiger partial charge in [-0.2, -0.15) is 0 Å². The van der Waals surface area contributed by atoms with Gasteiger partial charge in [0.1, 0.15) is 11.7 Å². The zero-order chi connectivity index (χ0) is 15.2. The average molecular weight is 286 g/mol. The van der Waals surface area contributed by atoms with Crippen LogP contribution in [-0.4, -0.2) is 47.7 Å². The normalized spacial score (nSPS) is 34.9. The van der Waals surface area contributed by atoms with Gasteiger partial charge >= 0.3 is 0 Å². The molecule has 3 atom stereocenters. The Balaban J connectivity index is 2.09. The molecule has 2 rings (SSSR count). The number of ether oxygens (including phenoxy) is 4. The van der Waals surface area contributed by atoms with E-state index in [0.717, 1.165) is 0 Å². The van der Waals surface area contributed by atoms with Crippen molar-refractivity contribution in [3.05, 3.63) is 12.2 Å². The first kappa shape index (κ1) is 15.9. The van der Waals surface area contributed by atoms with Crippen LogP contribution in [0, 0.1) is 0 Å². The van der Waals surface area contributed by atoms with E-state index in [9.17, 15) is 5.11 Å². The average Bonchev–Trinajstić information content (AvgIpc) is 2.81. The second-order valence-electron chi connectivity index (χ2n) is 6.68. The van der Waals surface area contributed by atoms with Crippen molar-refractivity contribution in [2.45, 2.75) is 70.4 Å². The van der Waals surface area contributed by atoms with Crippen molar-refractivity contribution < 1.29 is 24.1 Å². The molecule has 0 radical (unpaired) electrons. The lowest BCUT2D eigenvalue weighted by molar-refractivity contribution is -0.174. The third-order valence-corrected chi connectivity index (χ3v) is 3.89. The second-order valence-corrected chi connectivity index (χ2v) is 6.68. The van der Waals surface area contributed by atoms with Gasteiger partial charge in [0, 0.05) is 6.42 Å². The van der Waals surface area contributed by atoms with Crippen molar-refractivity contribution in [1.29, 1.82) is 0 Å². The zero-order valence-electron chi connectivity index (χ0n) is 13.1. The van der Waals surface area contributed by atoms with Gasteiger partial charge in [0.05, 0.1) is 19.3 Å². The molecule has 2 heterocycles. The van der Waals surface area contributed by atoms with Crippen LogP contribution in [0.4, 0.5) is 0 Å². The number of aliphatic hydroxyl groups is 1. The lowest BCUT2D eigenvalue weighted by Crippen LogP contribution is -2.48. The highest BCUT2D eigenvalue weighted by atomic mass is 16.8.